The lowest BCUT2D eigenvalue weighted by Crippen LogP contribution is -2.24. The normalized spacial score (nSPS) is 13.1. The zero-order valence-corrected chi connectivity index (χ0v) is 11.2. The van der Waals surface area contributed by atoms with E-state index in [2.05, 4.69) is 46.1 Å². The van der Waals surface area contributed by atoms with Gasteiger partial charge < -0.3 is 5.32 Å². The summed E-state index contributed by atoms with van der Waals surface area (Å²) in [6.45, 7) is 4.48. The van der Waals surface area contributed by atoms with E-state index in [1.54, 1.807) is 0 Å². The molecule has 3 heteroatoms. The van der Waals surface area contributed by atoms with Gasteiger partial charge in [0.05, 0.1) is 0 Å². The molecule has 0 aliphatic heterocycles. The number of rotatable bonds is 5. The van der Waals surface area contributed by atoms with E-state index in [1.165, 1.54) is 18.4 Å². The Labute approximate surface area is 101 Å². The molecular formula is C12H19BrN2. The number of aromatic nitrogens is 1. The molecule has 1 aromatic rings. The molecule has 2 nitrogen and oxygen atoms in total. The van der Waals surface area contributed by atoms with E-state index in [9.17, 15) is 0 Å². The molecule has 1 rings (SSSR count). The van der Waals surface area contributed by atoms with Crippen molar-refractivity contribution in [2.24, 2.45) is 5.92 Å². The van der Waals surface area contributed by atoms with E-state index < -0.39 is 0 Å². The summed E-state index contributed by atoms with van der Waals surface area (Å²) in [5, 5.41) is 3.39. The third kappa shape index (κ3) is 3.28. The fourth-order valence-corrected chi connectivity index (χ4v) is 2.42. The number of halogens is 1. The van der Waals surface area contributed by atoms with Crippen LogP contribution in [0.5, 0.6) is 0 Å². The summed E-state index contributed by atoms with van der Waals surface area (Å²) in [5.74, 6) is 0.672. The molecule has 15 heavy (non-hydrogen) atoms. The van der Waals surface area contributed by atoms with Crippen LogP contribution in [0.3, 0.4) is 0 Å². The molecule has 1 heterocycles. The van der Waals surface area contributed by atoms with Crippen molar-refractivity contribution in [3.8, 4) is 0 Å². The molecule has 0 radical (unpaired) electrons. The monoisotopic (exact) mass is 270 g/mol. The van der Waals surface area contributed by atoms with Gasteiger partial charge in [-0.3, -0.25) is 4.98 Å². The van der Waals surface area contributed by atoms with Crippen molar-refractivity contribution in [2.45, 2.75) is 32.7 Å². The van der Waals surface area contributed by atoms with Gasteiger partial charge in [-0.2, -0.15) is 0 Å². The molecule has 0 saturated heterocycles. The first-order chi connectivity index (χ1) is 7.22. The first-order valence-corrected chi connectivity index (χ1v) is 6.29. The summed E-state index contributed by atoms with van der Waals surface area (Å²) in [5.41, 5.74) is 1.26. The minimum absolute atomic E-state index is 0.407. The van der Waals surface area contributed by atoms with Crippen molar-refractivity contribution in [3.63, 3.8) is 0 Å². The van der Waals surface area contributed by atoms with Gasteiger partial charge in [0, 0.05) is 22.9 Å². The number of pyridine rings is 1. The predicted octanol–water partition coefficient (Wildman–Crippen LogP) is 3.54. The lowest BCUT2D eigenvalue weighted by molar-refractivity contribution is 0.359. The summed E-state index contributed by atoms with van der Waals surface area (Å²) in [6.07, 6.45) is 6.15. The Bertz CT molecular complexity index is 297. The van der Waals surface area contributed by atoms with Crippen LogP contribution in [0, 0.1) is 5.92 Å². The van der Waals surface area contributed by atoms with E-state index in [4.69, 9.17) is 0 Å². The lowest BCUT2D eigenvalue weighted by Gasteiger charge is -2.25. The summed E-state index contributed by atoms with van der Waals surface area (Å²) < 4.78 is 1.05. The van der Waals surface area contributed by atoms with Crippen molar-refractivity contribution in [1.29, 1.82) is 0 Å². The maximum Gasteiger partial charge on any atom is 0.0410 e. The highest BCUT2D eigenvalue weighted by Gasteiger charge is 2.18. The molecule has 0 amide bonds. The summed E-state index contributed by atoms with van der Waals surface area (Å²) in [7, 11) is 2.02. The Morgan fingerprint density at radius 2 is 2.00 bits per heavy atom. The van der Waals surface area contributed by atoms with Gasteiger partial charge in [-0.15, -0.1) is 0 Å². The van der Waals surface area contributed by atoms with Crippen LogP contribution >= 0.6 is 15.9 Å². The Morgan fingerprint density at radius 1 is 1.33 bits per heavy atom. The maximum atomic E-state index is 4.22. The summed E-state index contributed by atoms with van der Waals surface area (Å²) in [4.78, 5) is 4.22. The maximum absolute atomic E-state index is 4.22. The molecule has 0 aromatic carbocycles. The Hall–Kier alpha value is -0.410. The third-order valence-electron chi connectivity index (χ3n) is 2.92. The van der Waals surface area contributed by atoms with Crippen molar-refractivity contribution < 1.29 is 0 Å². The first-order valence-electron chi connectivity index (χ1n) is 5.50. The van der Waals surface area contributed by atoms with Crippen molar-refractivity contribution >= 4 is 15.9 Å². The largest absolute Gasteiger partial charge is 0.313 e. The number of nitrogens with one attached hydrogen (secondary N) is 1. The van der Waals surface area contributed by atoms with E-state index in [-0.39, 0.29) is 0 Å². The molecule has 0 aliphatic rings. The minimum Gasteiger partial charge on any atom is -0.313 e. The van der Waals surface area contributed by atoms with Gasteiger partial charge in [-0.1, -0.05) is 26.7 Å². The van der Waals surface area contributed by atoms with E-state index in [1.807, 2.05) is 19.4 Å². The second-order valence-electron chi connectivity index (χ2n) is 3.78. The number of hydrogen-bond acceptors (Lipinski definition) is 2. The predicted molar refractivity (Wildman–Crippen MR) is 67.8 cm³/mol. The zero-order valence-electron chi connectivity index (χ0n) is 9.63. The lowest BCUT2D eigenvalue weighted by atomic mass is 9.90. The molecular weight excluding hydrogens is 252 g/mol. The van der Waals surface area contributed by atoms with Crippen molar-refractivity contribution in [1.82, 2.24) is 10.3 Å². The second kappa shape index (κ2) is 6.23. The molecule has 84 valence electrons. The first kappa shape index (κ1) is 12.7. The fraction of sp³-hybridized carbons (Fsp3) is 0.583. The minimum atomic E-state index is 0.407. The van der Waals surface area contributed by atoms with Crippen LogP contribution in [-0.2, 0) is 0 Å². The highest BCUT2D eigenvalue weighted by molar-refractivity contribution is 9.10. The van der Waals surface area contributed by atoms with E-state index in [0.717, 1.165) is 4.47 Å². The molecule has 1 N–H and O–H groups in total. The van der Waals surface area contributed by atoms with Crippen LogP contribution in [0.15, 0.2) is 22.9 Å². The van der Waals surface area contributed by atoms with Crippen molar-refractivity contribution in [2.75, 3.05) is 7.05 Å². The van der Waals surface area contributed by atoms with Gasteiger partial charge in [0.25, 0.3) is 0 Å². The van der Waals surface area contributed by atoms with E-state index in [0.29, 0.717) is 12.0 Å². The Kier molecular flexibility index (Phi) is 5.26. The standard InChI is InChI=1S/C12H19BrN2/c1-4-9(5-2)12(14-3)10-6-11(13)8-15-7-10/h6-9,12,14H,4-5H2,1-3H3. The van der Waals surface area contributed by atoms with Crippen LogP contribution in [-0.4, -0.2) is 12.0 Å². The van der Waals surface area contributed by atoms with Crippen LogP contribution < -0.4 is 5.32 Å². The second-order valence-corrected chi connectivity index (χ2v) is 4.70. The average Bonchev–Trinajstić information content (AvgIpc) is 2.25. The average molecular weight is 271 g/mol. The molecule has 0 spiro atoms. The van der Waals surface area contributed by atoms with Gasteiger partial charge in [0.15, 0.2) is 0 Å². The highest BCUT2D eigenvalue weighted by Crippen LogP contribution is 2.27. The van der Waals surface area contributed by atoms with Gasteiger partial charge in [-0.05, 0) is 40.5 Å². The molecule has 0 saturated carbocycles. The summed E-state index contributed by atoms with van der Waals surface area (Å²) in [6, 6.07) is 2.55. The van der Waals surface area contributed by atoms with Crippen LogP contribution in [0.1, 0.15) is 38.3 Å². The zero-order chi connectivity index (χ0) is 11.3. The number of nitrogens with zero attached hydrogens (tertiary/aromatic N) is 1. The van der Waals surface area contributed by atoms with Crippen LogP contribution in [0.4, 0.5) is 0 Å². The quantitative estimate of drug-likeness (QED) is 0.886. The Balaban J connectivity index is 2.90. The molecule has 0 bridgehead atoms. The van der Waals surface area contributed by atoms with Crippen LogP contribution in [0.2, 0.25) is 0 Å². The van der Waals surface area contributed by atoms with E-state index >= 15 is 0 Å². The molecule has 0 fully saturated rings. The SMILES string of the molecule is CCC(CC)C(NC)c1cncc(Br)c1. The Morgan fingerprint density at radius 3 is 2.47 bits per heavy atom. The van der Waals surface area contributed by atoms with Gasteiger partial charge in [0.1, 0.15) is 0 Å². The highest BCUT2D eigenvalue weighted by atomic mass is 79.9. The molecule has 1 unspecified atom stereocenters. The number of hydrogen-bond donors (Lipinski definition) is 1. The van der Waals surface area contributed by atoms with Crippen LogP contribution in [0.25, 0.3) is 0 Å². The fourth-order valence-electron chi connectivity index (χ4n) is 2.03. The van der Waals surface area contributed by atoms with Crippen molar-refractivity contribution in [3.05, 3.63) is 28.5 Å². The molecule has 1 atom stereocenters. The summed E-state index contributed by atoms with van der Waals surface area (Å²) >= 11 is 3.46. The molecule has 0 aliphatic carbocycles. The van der Waals surface area contributed by atoms with Gasteiger partial charge in [0.2, 0.25) is 0 Å². The third-order valence-corrected chi connectivity index (χ3v) is 3.35. The topological polar surface area (TPSA) is 24.9 Å². The smallest absolute Gasteiger partial charge is 0.0410 e. The molecule has 1 aromatic heterocycles. The van der Waals surface area contributed by atoms with Gasteiger partial charge in [-0.25, -0.2) is 0 Å². The van der Waals surface area contributed by atoms with Gasteiger partial charge >= 0.3 is 0 Å².